The first-order valence-electron chi connectivity index (χ1n) is 7.67. The molecule has 114 valence electrons. The number of aliphatic hydroxyl groups is 1. The molecule has 0 spiro atoms. The molecule has 3 rings (SSSR count). The molecule has 2 unspecified atom stereocenters. The van der Waals surface area contributed by atoms with Gasteiger partial charge in [-0.15, -0.1) is 0 Å². The van der Waals surface area contributed by atoms with Gasteiger partial charge in [0.15, 0.2) is 0 Å². The number of anilines is 1. The Hall–Kier alpha value is -1.62. The molecule has 5 heteroatoms. The predicted molar refractivity (Wildman–Crippen MR) is 79.8 cm³/mol. The van der Waals surface area contributed by atoms with E-state index in [4.69, 9.17) is 0 Å². The third-order valence-corrected chi connectivity index (χ3v) is 4.64. The molecule has 0 radical (unpaired) electrons. The summed E-state index contributed by atoms with van der Waals surface area (Å²) in [7, 11) is 0. The van der Waals surface area contributed by atoms with Gasteiger partial charge >= 0.3 is 5.97 Å². The van der Waals surface area contributed by atoms with E-state index in [1.807, 2.05) is 13.8 Å². The zero-order valence-corrected chi connectivity index (χ0v) is 12.5. The standard InChI is InChI=1S/C16H22N2O3/c1-9(2)14-5-10(16(20)21)6-15(17-14)18-11-3-4-12(18)8-13(19)7-11/h5-6,9,11-13,19H,3-4,7-8H2,1-2H3,(H,20,21). The quantitative estimate of drug-likeness (QED) is 0.894. The fraction of sp³-hybridized carbons (Fsp3) is 0.625. The summed E-state index contributed by atoms with van der Waals surface area (Å²) in [5.41, 5.74) is 1.12. The third-order valence-electron chi connectivity index (χ3n) is 4.64. The SMILES string of the molecule is CC(C)c1cc(C(=O)O)cc(N2C3CCC2CC(O)C3)n1. The summed E-state index contributed by atoms with van der Waals surface area (Å²) in [5.74, 6) is 0.0408. The van der Waals surface area contributed by atoms with Crippen LogP contribution in [-0.2, 0) is 0 Å². The molecule has 2 aliphatic rings. The van der Waals surface area contributed by atoms with Crippen molar-refractivity contribution in [2.75, 3.05) is 4.90 Å². The van der Waals surface area contributed by atoms with Crippen molar-refractivity contribution < 1.29 is 15.0 Å². The van der Waals surface area contributed by atoms with Crippen molar-refractivity contribution in [1.29, 1.82) is 0 Å². The van der Waals surface area contributed by atoms with Gasteiger partial charge in [-0.25, -0.2) is 9.78 Å². The molecular weight excluding hydrogens is 268 g/mol. The fourth-order valence-corrected chi connectivity index (χ4v) is 3.61. The molecule has 2 N–H and O–H groups in total. The van der Waals surface area contributed by atoms with E-state index in [2.05, 4.69) is 9.88 Å². The van der Waals surface area contributed by atoms with Crippen LogP contribution in [0.5, 0.6) is 0 Å². The maximum absolute atomic E-state index is 11.4. The van der Waals surface area contributed by atoms with E-state index in [0.717, 1.165) is 37.2 Å². The minimum Gasteiger partial charge on any atom is -0.478 e. The largest absolute Gasteiger partial charge is 0.478 e. The number of carbonyl (C=O) groups is 1. The van der Waals surface area contributed by atoms with Crippen molar-refractivity contribution in [3.05, 3.63) is 23.4 Å². The van der Waals surface area contributed by atoms with E-state index in [-0.39, 0.29) is 24.1 Å². The van der Waals surface area contributed by atoms with Crippen molar-refractivity contribution >= 4 is 11.8 Å². The van der Waals surface area contributed by atoms with Crippen LogP contribution in [0.2, 0.25) is 0 Å². The number of pyridine rings is 1. The van der Waals surface area contributed by atoms with Gasteiger partial charge in [-0.3, -0.25) is 0 Å². The number of carboxylic acids is 1. The Morgan fingerprint density at radius 2 is 1.90 bits per heavy atom. The number of aliphatic hydroxyl groups excluding tert-OH is 1. The Morgan fingerprint density at radius 1 is 1.29 bits per heavy atom. The lowest BCUT2D eigenvalue weighted by Gasteiger charge is -2.38. The highest BCUT2D eigenvalue weighted by atomic mass is 16.4. The lowest BCUT2D eigenvalue weighted by atomic mass is 9.99. The molecule has 0 amide bonds. The van der Waals surface area contributed by atoms with E-state index in [1.54, 1.807) is 12.1 Å². The Morgan fingerprint density at radius 3 is 2.43 bits per heavy atom. The lowest BCUT2D eigenvalue weighted by molar-refractivity contribution is 0.0696. The topological polar surface area (TPSA) is 73.7 Å². The van der Waals surface area contributed by atoms with Crippen LogP contribution in [0.4, 0.5) is 5.82 Å². The van der Waals surface area contributed by atoms with Gasteiger partial charge < -0.3 is 15.1 Å². The monoisotopic (exact) mass is 290 g/mol. The molecule has 2 aliphatic heterocycles. The van der Waals surface area contributed by atoms with Gasteiger partial charge in [-0.05, 0) is 43.7 Å². The van der Waals surface area contributed by atoms with E-state index in [9.17, 15) is 15.0 Å². The highest BCUT2D eigenvalue weighted by molar-refractivity contribution is 5.88. The summed E-state index contributed by atoms with van der Waals surface area (Å²) in [6.07, 6.45) is 3.39. The number of hydrogen-bond donors (Lipinski definition) is 2. The summed E-state index contributed by atoms with van der Waals surface area (Å²) < 4.78 is 0. The number of carboxylic acid groups (broad SMARTS) is 1. The van der Waals surface area contributed by atoms with Gasteiger partial charge in [-0.1, -0.05) is 13.8 Å². The highest BCUT2D eigenvalue weighted by Crippen LogP contribution is 2.39. The van der Waals surface area contributed by atoms with Crippen LogP contribution in [-0.4, -0.2) is 39.4 Å². The maximum Gasteiger partial charge on any atom is 0.335 e. The van der Waals surface area contributed by atoms with Gasteiger partial charge in [0.05, 0.1) is 11.7 Å². The molecule has 1 aromatic rings. The van der Waals surface area contributed by atoms with Crippen LogP contribution in [0.15, 0.2) is 12.1 Å². The Bertz CT molecular complexity index is 544. The summed E-state index contributed by atoms with van der Waals surface area (Å²) >= 11 is 0. The molecule has 0 saturated carbocycles. The summed E-state index contributed by atoms with van der Waals surface area (Å²) in [4.78, 5) is 18.3. The van der Waals surface area contributed by atoms with Gasteiger partial charge in [0.2, 0.25) is 0 Å². The molecule has 5 nitrogen and oxygen atoms in total. The Kier molecular flexibility index (Phi) is 3.61. The fourth-order valence-electron chi connectivity index (χ4n) is 3.61. The number of piperidine rings is 1. The molecule has 21 heavy (non-hydrogen) atoms. The van der Waals surface area contributed by atoms with Crippen molar-refractivity contribution in [2.24, 2.45) is 0 Å². The van der Waals surface area contributed by atoms with E-state index < -0.39 is 5.97 Å². The van der Waals surface area contributed by atoms with Gasteiger partial charge in [0.25, 0.3) is 0 Å². The Labute approximate surface area is 124 Å². The molecule has 3 heterocycles. The number of aromatic nitrogens is 1. The van der Waals surface area contributed by atoms with Gasteiger partial charge in [0.1, 0.15) is 5.82 Å². The third kappa shape index (κ3) is 2.62. The smallest absolute Gasteiger partial charge is 0.335 e. The number of nitrogens with zero attached hydrogens (tertiary/aromatic N) is 2. The van der Waals surface area contributed by atoms with Gasteiger partial charge in [-0.2, -0.15) is 0 Å². The second kappa shape index (κ2) is 5.30. The van der Waals surface area contributed by atoms with Crippen LogP contribution >= 0.6 is 0 Å². The van der Waals surface area contributed by atoms with E-state index in [1.165, 1.54) is 0 Å². The van der Waals surface area contributed by atoms with Crippen molar-refractivity contribution in [2.45, 2.75) is 63.6 Å². The molecule has 1 aromatic heterocycles. The highest BCUT2D eigenvalue weighted by Gasteiger charge is 2.41. The minimum absolute atomic E-state index is 0.191. The molecule has 2 saturated heterocycles. The molecule has 0 aliphatic carbocycles. The number of hydrogen-bond acceptors (Lipinski definition) is 4. The minimum atomic E-state index is -0.912. The average Bonchev–Trinajstić information content (AvgIpc) is 2.70. The second-order valence-corrected chi connectivity index (χ2v) is 6.52. The van der Waals surface area contributed by atoms with Gasteiger partial charge in [0, 0.05) is 17.8 Å². The van der Waals surface area contributed by atoms with Crippen molar-refractivity contribution in [3.63, 3.8) is 0 Å². The lowest BCUT2D eigenvalue weighted by Crippen LogP contribution is -2.45. The van der Waals surface area contributed by atoms with E-state index in [0.29, 0.717) is 5.56 Å². The normalized spacial score (nSPS) is 28.2. The van der Waals surface area contributed by atoms with E-state index >= 15 is 0 Å². The van der Waals surface area contributed by atoms with Crippen LogP contribution in [0, 0.1) is 0 Å². The second-order valence-electron chi connectivity index (χ2n) is 6.52. The zero-order valence-electron chi connectivity index (χ0n) is 12.5. The zero-order chi connectivity index (χ0) is 15.1. The summed E-state index contributed by atoms with van der Waals surface area (Å²) in [6.45, 7) is 4.04. The van der Waals surface area contributed by atoms with Crippen molar-refractivity contribution in [1.82, 2.24) is 4.98 Å². The average molecular weight is 290 g/mol. The van der Waals surface area contributed by atoms with Crippen molar-refractivity contribution in [3.8, 4) is 0 Å². The first kappa shape index (κ1) is 14.3. The molecule has 0 aromatic carbocycles. The van der Waals surface area contributed by atoms with Crippen LogP contribution < -0.4 is 4.90 Å². The maximum atomic E-state index is 11.4. The number of aromatic carboxylic acids is 1. The number of fused-ring (bicyclic) bond motifs is 2. The van der Waals surface area contributed by atoms with Crippen LogP contribution in [0.3, 0.4) is 0 Å². The molecule has 2 fully saturated rings. The molecular formula is C16H22N2O3. The number of rotatable bonds is 3. The first-order valence-corrected chi connectivity index (χ1v) is 7.67. The predicted octanol–water partition coefficient (Wildman–Crippen LogP) is 2.40. The Balaban J connectivity index is 2.00. The van der Waals surface area contributed by atoms with Crippen LogP contribution in [0.25, 0.3) is 0 Å². The molecule has 2 atom stereocenters. The molecule has 2 bridgehead atoms. The van der Waals surface area contributed by atoms with Crippen LogP contribution in [0.1, 0.15) is 61.5 Å². The summed E-state index contributed by atoms with van der Waals surface area (Å²) in [6, 6.07) is 3.92. The summed E-state index contributed by atoms with van der Waals surface area (Å²) in [5, 5.41) is 19.2. The first-order chi connectivity index (χ1) is 9.95.